The quantitative estimate of drug-likeness (QED) is 0.844. The highest BCUT2D eigenvalue weighted by Gasteiger charge is 2.25. The monoisotopic (exact) mass is 244 g/mol. The standard InChI is InChI=1S/C15H16O3/c1-15(2,17)14(16)12-5-4-11-9-13(18-3)7-6-10(11)8-12/h4-9,17H,1-3H3. The summed E-state index contributed by atoms with van der Waals surface area (Å²) < 4.78 is 5.15. The van der Waals surface area contributed by atoms with Crippen molar-refractivity contribution in [1.29, 1.82) is 0 Å². The Hall–Kier alpha value is -1.87. The number of hydrogen-bond donors (Lipinski definition) is 1. The highest BCUT2D eigenvalue weighted by Crippen LogP contribution is 2.23. The zero-order chi connectivity index (χ0) is 13.3. The maximum atomic E-state index is 12.0. The topological polar surface area (TPSA) is 46.5 Å². The van der Waals surface area contributed by atoms with Crippen LogP contribution in [0.2, 0.25) is 0 Å². The number of ether oxygens (including phenoxy) is 1. The van der Waals surface area contributed by atoms with Gasteiger partial charge in [0.1, 0.15) is 11.4 Å². The van der Waals surface area contributed by atoms with E-state index < -0.39 is 5.60 Å². The fourth-order valence-corrected chi connectivity index (χ4v) is 1.85. The van der Waals surface area contributed by atoms with Crippen LogP contribution in [0.15, 0.2) is 36.4 Å². The van der Waals surface area contributed by atoms with Crippen molar-refractivity contribution >= 4 is 16.6 Å². The maximum absolute atomic E-state index is 12.0. The van der Waals surface area contributed by atoms with Crippen molar-refractivity contribution in [2.24, 2.45) is 0 Å². The Bertz CT molecular complexity index is 594. The first kappa shape index (κ1) is 12.6. The van der Waals surface area contributed by atoms with Gasteiger partial charge in [-0.05, 0) is 42.8 Å². The molecule has 0 aromatic heterocycles. The van der Waals surface area contributed by atoms with E-state index in [1.54, 1.807) is 19.2 Å². The average Bonchev–Trinajstić information content (AvgIpc) is 2.35. The van der Waals surface area contributed by atoms with Crippen molar-refractivity contribution < 1.29 is 14.6 Å². The van der Waals surface area contributed by atoms with E-state index in [-0.39, 0.29) is 5.78 Å². The summed E-state index contributed by atoms with van der Waals surface area (Å²) in [7, 11) is 1.62. The molecule has 0 aliphatic heterocycles. The van der Waals surface area contributed by atoms with Gasteiger partial charge in [0, 0.05) is 5.56 Å². The Morgan fingerprint density at radius 2 is 1.72 bits per heavy atom. The number of aliphatic hydroxyl groups is 1. The molecule has 0 aliphatic carbocycles. The van der Waals surface area contributed by atoms with E-state index in [9.17, 15) is 9.90 Å². The molecule has 0 saturated heterocycles. The van der Waals surface area contributed by atoms with Crippen LogP contribution >= 0.6 is 0 Å². The molecule has 94 valence electrons. The molecule has 18 heavy (non-hydrogen) atoms. The first-order valence-corrected chi connectivity index (χ1v) is 5.77. The molecular formula is C15H16O3. The number of benzene rings is 2. The van der Waals surface area contributed by atoms with Crippen LogP contribution in [0.25, 0.3) is 10.8 Å². The fourth-order valence-electron chi connectivity index (χ4n) is 1.85. The third kappa shape index (κ3) is 2.36. The molecular weight excluding hydrogens is 228 g/mol. The molecule has 0 fully saturated rings. The van der Waals surface area contributed by atoms with Crippen LogP contribution < -0.4 is 4.74 Å². The summed E-state index contributed by atoms with van der Waals surface area (Å²) >= 11 is 0. The lowest BCUT2D eigenvalue weighted by Gasteiger charge is -2.15. The Morgan fingerprint density at radius 1 is 1.11 bits per heavy atom. The first-order valence-electron chi connectivity index (χ1n) is 5.77. The van der Waals surface area contributed by atoms with Crippen LogP contribution in [0.4, 0.5) is 0 Å². The molecule has 0 atom stereocenters. The van der Waals surface area contributed by atoms with E-state index in [1.165, 1.54) is 13.8 Å². The summed E-state index contributed by atoms with van der Waals surface area (Å²) in [6.07, 6.45) is 0. The van der Waals surface area contributed by atoms with Gasteiger partial charge in [0.15, 0.2) is 5.78 Å². The van der Waals surface area contributed by atoms with Crippen LogP contribution in [-0.4, -0.2) is 23.6 Å². The third-order valence-electron chi connectivity index (χ3n) is 2.87. The van der Waals surface area contributed by atoms with E-state index in [4.69, 9.17) is 4.74 Å². The minimum Gasteiger partial charge on any atom is -0.497 e. The van der Waals surface area contributed by atoms with Crippen molar-refractivity contribution in [3.05, 3.63) is 42.0 Å². The van der Waals surface area contributed by atoms with Gasteiger partial charge in [-0.2, -0.15) is 0 Å². The van der Waals surface area contributed by atoms with E-state index in [0.29, 0.717) is 5.56 Å². The van der Waals surface area contributed by atoms with Crippen molar-refractivity contribution in [1.82, 2.24) is 0 Å². The van der Waals surface area contributed by atoms with Gasteiger partial charge in [-0.1, -0.05) is 18.2 Å². The normalized spacial score (nSPS) is 11.6. The molecule has 0 heterocycles. The molecule has 2 aromatic rings. The van der Waals surface area contributed by atoms with Crippen molar-refractivity contribution in [2.45, 2.75) is 19.4 Å². The summed E-state index contributed by atoms with van der Waals surface area (Å²) in [6, 6.07) is 11.0. The molecule has 0 spiro atoms. The number of fused-ring (bicyclic) bond motifs is 1. The number of Topliss-reactive ketones (excluding diaryl/α,β-unsaturated/α-hetero) is 1. The fraction of sp³-hybridized carbons (Fsp3) is 0.267. The van der Waals surface area contributed by atoms with Gasteiger partial charge < -0.3 is 9.84 Å². The predicted molar refractivity (Wildman–Crippen MR) is 71.1 cm³/mol. The molecule has 1 N–H and O–H groups in total. The molecule has 3 nitrogen and oxygen atoms in total. The second kappa shape index (κ2) is 4.42. The molecule has 0 saturated carbocycles. The summed E-state index contributed by atoms with van der Waals surface area (Å²) in [5.74, 6) is 0.504. The highest BCUT2D eigenvalue weighted by atomic mass is 16.5. The Morgan fingerprint density at radius 3 is 2.33 bits per heavy atom. The van der Waals surface area contributed by atoms with Crippen LogP contribution in [-0.2, 0) is 0 Å². The highest BCUT2D eigenvalue weighted by molar-refractivity contribution is 6.04. The average molecular weight is 244 g/mol. The number of ketones is 1. The predicted octanol–water partition coefficient (Wildman–Crippen LogP) is 2.80. The van der Waals surface area contributed by atoms with E-state index >= 15 is 0 Å². The molecule has 3 heteroatoms. The molecule has 0 bridgehead atoms. The van der Waals surface area contributed by atoms with Crippen molar-refractivity contribution in [2.75, 3.05) is 7.11 Å². The van der Waals surface area contributed by atoms with E-state index in [0.717, 1.165) is 16.5 Å². The summed E-state index contributed by atoms with van der Waals surface area (Å²) in [5, 5.41) is 11.7. The van der Waals surface area contributed by atoms with Gasteiger partial charge in [-0.25, -0.2) is 0 Å². The largest absolute Gasteiger partial charge is 0.497 e. The summed E-state index contributed by atoms with van der Waals surface area (Å²) in [5.41, 5.74) is -0.833. The van der Waals surface area contributed by atoms with Gasteiger partial charge >= 0.3 is 0 Å². The van der Waals surface area contributed by atoms with Crippen LogP contribution in [0, 0.1) is 0 Å². The summed E-state index contributed by atoms with van der Waals surface area (Å²) in [6.45, 7) is 2.99. The molecule has 0 radical (unpaired) electrons. The molecule has 0 amide bonds. The number of hydrogen-bond acceptors (Lipinski definition) is 3. The Balaban J connectivity index is 2.49. The second-order valence-electron chi connectivity index (χ2n) is 4.82. The maximum Gasteiger partial charge on any atom is 0.193 e. The van der Waals surface area contributed by atoms with Crippen LogP contribution in [0.5, 0.6) is 5.75 Å². The number of carbonyl (C=O) groups is 1. The lowest BCUT2D eigenvalue weighted by atomic mass is 9.95. The van der Waals surface area contributed by atoms with Crippen molar-refractivity contribution in [3.63, 3.8) is 0 Å². The minimum absolute atomic E-state index is 0.278. The third-order valence-corrected chi connectivity index (χ3v) is 2.87. The summed E-state index contributed by atoms with van der Waals surface area (Å²) in [4.78, 5) is 12.0. The van der Waals surface area contributed by atoms with Gasteiger partial charge in [-0.3, -0.25) is 4.79 Å². The smallest absolute Gasteiger partial charge is 0.193 e. The Kier molecular flexibility index (Phi) is 3.09. The van der Waals surface area contributed by atoms with Gasteiger partial charge in [0.2, 0.25) is 0 Å². The zero-order valence-corrected chi connectivity index (χ0v) is 10.7. The van der Waals surface area contributed by atoms with E-state index in [1.807, 2.05) is 24.3 Å². The molecule has 0 aliphatic rings. The lowest BCUT2D eigenvalue weighted by molar-refractivity contribution is 0.0488. The van der Waals surface area contributed by atoms with Crippen LogP contribution in [0.1, 0.15) is 24.2 Å². The van der Waals surface area contributed by atoms with Gasteiger partial charge in [-0.15, -0.1) is 0 Å². The molecule has 2 rings (SSSR count). The van der Waals surface area contributed by atoms with Gasteiger partial charge in [0.25, 0.3) is 0 Å². The molecule has 2 aromatic carbocycles. The minimum atomic E-state index is -1.35. The SMILES string of the molecule is COc1ccc2cc(C(=O)C(C)(C)O)ccc2c1. The molecule has 0 unspecified atom stereocenters. The Labute approximate surface area is 106 Å². The van der Waals surface area contributed by atoms with Crippen LogP contribution in [0.3, 0.4) is 0 Å². The lowest BCUT2D eigenvalue weighted by Crippen LogP contribution is -2.30. The zero-order valence-electron chi connectivity index (χ0n) is 10.7. The van der Waals surface area contributed by atoms with Gasteiger partial charge in [0.05, 0.1) is 7.11 Å². The van der Waals surface area contributed by atoms with E-state index in [2.05, 4.69) is 0 Å². The first-order chi connectivity index (χ1) is 8.41. The van der Waals surface area contributed by atoms with Crippen molar-refractivity contribution in [3.8, 4) is 5.75 Å². The number of rotatable bonds is 3. The number of methoxy groups -OCH3 is 1. The number of carbonyl (C=O) groups excluding carboxylic acids is 1. The second-order valence-corrected chi connectivity index (χ2v) is 4.82.